The van der Waals surface area contributed by atoms with Gasteiger partial charge in [-0.25, -0.2) is 9.59 Å². The van der Waals surface area contributed by atoms with Crippen molar-refractivity contribution in [2.24, 2.45) is 11.8 Å². The molecule has 2 heterocycles. The van der Waals surface area contributed by atoms with Crippen molar-refractivity contribution in [2.75, 3.05) is 7.11 Å². The van der Waals surface area contributed by atoms with Crippen LogP contribution < -0.4 is 15.7 Å². The maximum absolute atomic E-state index is 13.4. The van der Waals surface area contributed by atoms with Gasteiger partial charge in [-0.15, -0.1) is 12.3 Å². The van der Waals surface area contributed by atoms with Crippen LogP contribution in [0.3, 0.4) is 0 Å². The number of ether oxygens (including phenoxy) is 4. The van der Waals surface area contributed by atoms with Crippen LogP contribution in [-0.4, -0.2) is 60.2 Å². The van der Waals surface area contributed by atoms with Crippen LogP contribution in [0.5, 0.6) is 5.75 Å². The van der Waals surface area contributed by atoms with E-state index in [0.717, 1.165) is 7.11 Å². The third kappa shape index (κ3) is 6.72. The summed E-state index contributed by atoms with van der Waals surface area (Å²) in [5.74, 6) is -3.24. The van der Waals surface area contributed by atoms with Crippen molar-refractivity contribution >= 4 is 28.8 Å². The highest BCUT2D eigenvalue weighted by Crippen LogP contribution is 2.41. The number of terminal acetylenes is 1. The predicted octanol–water partition coefficient (Wildman–Crippen LogP) is 2.62. The number of aryl methyl sites for hydroxylation is 1. The van der Waals surface area contributed by atoms with Crippen LogP contribution in [0, 0.1) is 31.1 Å². The van der Waals surface area contributed by atoms with Crippen LogP contribution in [0.1, 0.15) is 52.5 Å². The van der Waals surface area contributed by atoms with Gasteiger partial charge in [0.2, 0.25) is 5.91 Å². The number of hydrogen-bond acceptors (Lipinski definition) is 10. The summed E-state index contributed by atoms with van der Waals surface area (Å²) in [4.78, 5) is 49.9. The number of rotatable bonds is 10. The number of aliphatic hydroxyl groups is 1. The molecule has 1 saturated heterocycles. The van der Waals surface area contributed by atoms with Gasteiger partial charge in [0.1, 0.15) is 23.5 Å². The van der Waals surface area contributed by atoms with Crippen LogP contribution in [0.4, 0.5) is 0 Å². The van der Waals surface area contributed by atoms with E-state index in [1.165, 1.54) is 19.1 Å². The molecule has 41 heavy (non-hydrogen) atoms. The summed E-state index contributed by atoms with van der Waals surface area (Å²) in [6.45, 7) is 8.24. The molecule has 1 aromatic heterocycles. The van der Waals surface area contributed by atoms with Gasteiger partial charge in [0, 0.05) is 49.1 Å². The molecule has 11 heteroatoms. The van der Waals surface area contributed by atoms with E-state index >= 15 is 0 Å². The van der Waals surface area contributed by atoms with Gasteiger partial charge >= 0.3 is 23.4 Å². The normalized spacial score (nSPS) is 25.4. The first-order chi connectivity index (χ1) is 19.4. The molecule has 0 saturated carbocycles. The molecule has 0 spiro atoms. The van der Waals surface area contributed by atoms with Crippen molar-refractivity contribution in [1.29, 1.82) is 0 Å². The second-order valence-electron chi connectivity index (χ2n) is 10.3. The number of carbonyl (C=O) groups is 3. The molecule has 0 bridgehead atoms. The topological polar surface area (TPSA) is 151 Å². The second-order valence-corrected chi connectivity index (χ2v) is 10.3. The highest BCUT2D eigenvalue weighted by molar-refractivity contribution is 5.82. The van der Waals surface area contributed by atoms with E-state index in [9.17, 15) is 24.3 Å². The molecular weight excluding hydrogens is 534 g/mol. The molecule has 1 amide bonds. The molecule has 2 aromatic rings. The molecule has 3 rings (SSSR count). The Labute approximate surface area is 238 Å². The molecule has 2 unspecified atom stereocenters. The van der Waals surface area contributed by atoms with E-state index in [1.54, 1.807) is 32.9 Å². The lowest BCUT2D eigenvalue weighted by molar-refractivity contribution is -0.308. The van der Waals surface area contributed by atoms with Gasteiger partial charge in [0.05, 0.1) is 19.3 Å². The highest BCUT2D eigenvalue weighted by atomic mass is 16.7. The highest BCUT2D eigenvalue weighted by Gasteiger charge is 2.62. The molecule has 0 radical (unpaired) electrons. The van der Waals surface area contributed by atoms with E-state index < -0.39 is 59.5 Å². The molecule has 11 nitrogen and oxygen atoms in total. The number of hydrogen-bond donors (Lipinski definition) is 2. The fraction of sp³-hybridized carbons (Fsp3) is 0.533. The van der Waals surface area contributed by atoms with Gasteiger partial charge < -0.3 is 33.8 Å². The molecule has 1 fully saturated rings. The third-order valence-corrected chi connectivity index (χ3v) is 7.43. The lowest BCUT2D eigenvalue weighted by Gasteiger charge is -2.51. The zero-order valence-corrected chi connectivity index (χ0v) is 24.1. The van der Waals surface area contributed by atoms with Crippen LogP contribution in [0.15, 0.2) is 33.5 Å². The Balaban J connectivity index is 2.11. The smallest absolute Gasteiger partial charge is 0.382 e. The van der Waals surface area contributed by atoms with Gasteiger partial charge in [-0.1, -0.05) is 20.8 Å². The summed E-state index contributed by atoms with van der Waals surface area (Å²) < 4.78 is 28.3. The van der Waals surface area contributed by atoms with Gasteiger partial charge in [-0.05, 0) is 31.0 Å². The minimum atomic E-state index is -2.39. The number of carbonyl (C=O) groups excluding carboxylic acids is 3. The summed E-state index contributed by atoms with van der Waals surface area (Å²) in [5, 5.41) is 15.1. The summed E-state index contributed by atoms with van der Waals surface area (Å²) in [5.41, 5.74) is 0.322. The van der Waals surface area contributed by atoms with Gasteiger partial charge in [-0.3, -0.25) is 9.59 Å². The van der Waals surface area contributed by atoms with E-state index in [-0.39, 0.29) is 30.1 Å². The molecule has 2 N–H and O–H groups in total. The van der Waals surface area contributed by atoms with Crippen LogP contribution in [0.25, 0.3) is 11.0 Å². The number of aliphatic hydroxyl groups excluding tert-OH is 1. The van der Waals surface area contributed by atoms with E-state index in [2.05, 4.69) is 11.2 Å². The average Bonchev–Trinajstić information content (AvgIpc) is 2.93. The Morgan fingerprint density at radius 2 is 1.98 bits per heavy atom. The lowest BCUT2D eigenvalue weighted by atomic mass is 9.77. The van der Waals surface area contributed by atoms with E-state index in [0.29, 0.717) is 17.4 Å². The summed E-state index contributed by atoms with van der Waals surface area (Å²) in [6, 6.07) is 5.13. The third-order valence-electron chi connectivity index (χ3n) is 7.43. The quantitative estimate of drug-likeness (QED) is 0.247. The lowest BCUT2D eigenvalue weighted by Crippen LogP contribution is -2.71. The van der Waals surface area contributed by atoms with Crippen LogP contribution in [0.2, 0.25) is 0 Å². The van der Waals surface area contributed by atoms with E-state index in [1.807, 2.05) is 6.92 Å². The van der Waals surface area contributed by atoms with Gasteiger partial charge in [0.25, 0.3) is 0 Å². The Bertz CT molecular complexity index is 1380. The summed E-state index contributed by atoms with van der Waals surface area (Å²) in [7, 11) is 1.12. The zero-order chi connectivity index (χ0) is 30.5. The molecule has 7 atom stereocenters. The predicted molar refractivity (Wildman–Crippen MR) is 148 cm³/mol. The summed E-state index contributed by atoms with van der Waals surface area (Å²) in [6.07, 6.45) is 2.68. The molecule has 1 aliphatic heterocycles. The largest absolute Gasteiger partial charge is 0.464 e. The van der Waals surface area contributed by atoms with Crippen LogP contribution >= 0.6 is 0 Å². The van der Waals surface area contributed by atoms with Crippen molar-refractivity contribution in [1.82, 2.24) is 5.32 Å². The first-order valence-corrected chi connectivity index (χ1v) is 13.5. The minimum absolute atomic E-state index is 0.0401. The van der Waals surface area contributed by atoms with Crippen molar-refractivity contribution in [3.8, 4) is 18.1 Å². The first kappa shape index (κ1) is 31.6. The summed E-state index contributed by atoms with van der Waals surface area (Å²) >= 11 is 0. The first-order valence-electron chi connectivity index (χ1n) is 13.5. The number of amides is 1. The number of fused-ring (bicyclic) bond motifs is 1. The second kappa shape index (κ2) is 13.2. The van der Waals surface area contributed by atoms with Crippen molar-refractivity contribution < 1.29 is 42.9 Å². The zero-order valence-electron chi connectivity index (χ0n) is 24.1. The minimum Gasteiger partial charge on any atom is -0.464 e. The van der Waals surface area contributed by atoms with Gasteiger partial charge in [-0.2, -0.15) is 0 Å². The standard InChI is InChI=1S/C30H37NO10/c1-8-10-11-24(33)31-26-18(5)28(35)30(29(36)37-7,41-27(26)17(4)22(9-2)38-19(6)32)40-20-12-13-21-16(3)14-25(34)39-23(21)15-20/h1,12-15,17-18,22,26-28,35H,9-11H2,2-7H3,(H,31,33)/t17-,18+,22-,26-,27?,28?,30-/m1/s1. The van der Waals surface area contributed by atoms with Crippen molar-refractivity contribution in [3.63, 3.8) is 0 Å². The Kier molecular flexibility index (Phi) is 10.2. The number of methoxy groups -OCH3 is 1. The van der Waals surface area contributed by atoms with Crippen molar-refractivity contribution in [3.05, 3.63) is 40.2 Å². The molecule has 1 aliphatic rings. The Morgan fingerprint density at radius 1 is 1.27 bits per heavy atom. The Morgan fingerprint density at radius 3 is 2.59 bits per heavy atom. The SMILES string of the molecule is C#CCCC(=O)N[C@H]1C([C@H](C)[C@@H](CC)OC(C)=O)O[C@@](Oc2ccc3c(C)cc(=O)oc3c2)(C(=O)OC)C(O)[C@H]1C. The molecule has 1 aromatic carbocycles. The number of nitrogens with one attached hydrogen (secondary N) is 1. The Hall–Kier alpha value is -3.88. The number of benzene rings is 1. The molecule has 0 aliphatic carbocycles. The molecular formula is C30H37NO10. The monoisotopic (exact) mass is 571 g/mol. The molecule has 222 valence electrons. The fourth-order valence-corrected chi connectivity index (χ4v) is 5.25. The fourth-order valence-electron chi connectivity index (χ4n) is 5.25. The van der Waals surface area contributed by atoms with E-state index in [4.69, 9.17) is 29.8 Å². The maximum atomic E-state index is 13.4. The average molecular weight is 572 g/mol. The number of esters is 2. The van der Waals surface area contributed by atoms with Crippen molar-refractivity contribution in [2.45, 2.75) is 84.0 Å². The van der Waals surface area contributed by atoms with Crippen LogP contribution in [-0.2, 0) is 28.6 Å². The maximum Gasteiger partial charge on any atom is 0.382 e. The van der Waals surface area contributed by atoms with Gasteiger partial charge in [0.15, 0.2) is 0 Å².